The number of carbonyl (C=O) groups is 1. The SMILES string of the molecule is CC(C)(O)C1Cc2c(ccc(C=O)c2O)O1. The Balaban J connectivity index is 2.38. The summed E-state index contributed by atoms with van der Waals surface area (Å²) in [6.07, 6.45) is 0.620. The predicted octanol–water partition coefficient (Wildman–Crippen LogP) is 1.28. The molecule has 0 bridgehead atoms. The third-order valence-corrected chi connectivity index (χ3v) is 2.84. The first-order valence-corrected chi connectivity index (χ1v) is 5.12. The lowest BCUT2D eigenvalue weighted by atomic mass is 9.96. The number of hydrogen-bond donors (Lipinski definition) is 2. The summed E-state index contributed by atoms with van der Waals surface area (Å²) in [5, 5.41) is 19.6. The zero-order valence-electron chi connectivity index (χ0n) is 9.23. The molecule has 2 rings (SSSR count). The number of aliphatic hydroxyl groups is 1. The molecule has 1 aliphatic heterocycles. The van der Waals surface area contributed by atoms with Crippen LogP contribution in [0, 0.1) is 0 Å². The van der Waals surface area contributed by atoms with Gasteiger partial charge in [-0.05, 0) is 26.0 Å². The molecule has 0 spiro atoms. The third kappa shape index (κ3) is 1.65. The molecule has 0 radical (unpaired) electrons. The first-order valence-electron chi connectivity index (χ1n) is 5.12. The van der Waals surface area contributed by atoms with E-state index in [9.17, 15) is 15.0 Å². The highest BCUT2D eigenvalue weighted by Crippen LogP contribution is 2.39. The molecule has 1 unspecified atom stereocenters. The standard InChI is InChI=1S/C12H14O4/c1-12(2,15)10-5-8-9(16-10)4-3-7(6-13)11(8)14/h3-4,6,10,14-15H,5H2,1-2H3. The van der Waals surface area contributed by atoms with E-state index in [-0.39, 0.29) is 11.3 Å². The number of phenols is 1. The summed E-state index contributed by atoms with van der Waals surface area (Å²) in [7, 11) is 0. The van der Waals surface area contributed by atoms with Crippen molar-refractivity contribution in [2.45, 2.75) is 32.0 Å². The van der Waals surface area contributed by atoms with E-state index in [4.69, 9.17) is 4.74 Å². The fraction of sp³-hybridized carbons (Fsp3) is 0.417. The lowest BCUT2D eigenvalue weighted by Gasteiger charge is -2.24. The maximum absolute atomic E-state index is 10.7. The van der Waals surface area contributed by atoms with Crippen LogP contribution in [0.2, 0.25) is 0 Å². The molecule has 0 saturated heterocycles. The molecule has 0 saturated carbocycles. The number of ether oxygens (including phenoxy) is 1. The number of rotatable bonds is 2. The molecule has 1 aliphatic rings. The molecular formula is C12H14O4. The minimum Gasteiger partial charge on any atom is -0.507 e. The van der Waals surface area contributed by atoms with Gasteiger partial charge in [0, 0.05) is 12.0 Å². The maximum Gasteiger partial charge on any atom is 0.153 e. The molecule has 1 heterocycles. The van der Waals surface area contributed by atoms with Crippen LogP contribution in [0.25, 0.3) is 0 Å². The van der Waals surface area contributed by atoms with Gasteiger partial charge in [-0.15, -0.1) is 0 Å². The van der Waals surface area contributed by atoms with E-state index in [1.807, 2.05) is 0 Å². The monoisotopic (exact) mass is 222 g/mol. The van der Waals surface area contributed by atoms with Crippen LogP contribution in [0.4, 0.5) is 0 Å². The number of fused-ring (bicyclic) bond motifs is 1. The van der Waals surface area contributed by atoms with Gasteiger partial charge in [0.15, 0.2) is 6.29 Å². The summed E-state index contributed by atoms with van der Waals surface area (Å²) < 4.78 is 5.53. The fourth-order valence-corrected chi connectivity index (χ4v) is 1.81. The van der Waals surface area contributed by atoms with E-state index in [0.29, 0.717) is 24.0 Å². The van der Waals surface area contributed by atoms with Gasteiger partial charge in [0.2, 0.25) is 0 Å². The second kappa shape index (κ2) is 3.49. The Hall–Kier alpha value is -1.55. The quantitative estimate of drug-likeness (QED) is 0.740. The van der Waals surface area contributed by atoms with Crippen LogP contribution in [0.15, 0.2) is 12.1 Å². The van der Waals surface area contributed by atoms with Gasteiger partial charge >= 0.3 is 0 Å². The zero-order chi connectivity index (χ0) is 11.9. The zero-order valence-corrected chi connectivity index (χ0v) is 9.23. The Morgan fingerprint density at radius 3 is 2.75 bits per heavy atom. The predicted molar refractivity (Wildman–Crippen MR) is 57.9 cm³/mol. The summed E-state index contributed by atoms with van der Waals surface area (Å²) in [4.78, 5) is 10.7. The van der Waals surface area contributed by atoms with E-state index in [1.165, 1.54) is 6.07 Å². The van der Waals surface area contributed by atoms with Gasteiger partial charge in [-0.25, -0.2) is 0 Å². The van der Waals surface area contributed by atoms with Crippen molar-refractivity contribution in [3.05, 3.63) is 23.3 Å². The normalized spacial score (nSPS) is 19.1. The van der Waals surface area contributed by atoms with E-state index in [1.54, 1.807) is 19.9 Å². The molecule has 1 aromatic rings. The van der Waals surface area contributed by atoms with Gasteiger partial charge in [0.25, 0.3) is 0 Å². The third-order valence-electron chi connectivity index (χ3n) is 2.84. The fourth-order valence-electron chi connectivity index (χ4n) is 1.81. The van der Waals surface area contributed by atoms with Crippen molar-refractivity contribution in [3.8, 4) is 11.5 Å². The van der Waals surface area contributed by atoms with Crippen molar-refractivity contribution < 1.29 is 19.7 Å². The van der Waals surface area contributed by atoms with Crippen LogP contribution in [-0.2, 0) is 6.42 Å². The first kappa shape index (κ1) is 11.0. The number of phenolic OH excluding ortho intramolecular Hbond substituents is 1. The van der Waals surface area contributed by atoms with Crippen LogP contribution in [0.3, 0.4) is 0 Å². The summed E-state index contributed by atoms with van der Waals surface area (Å²) in [6, 6.07) is 3.15. The van der Waals surface area contributed by atoms with Gasteiger partial charge in [0.1, 0.15) is 17.6 Å². The van der Waals surface area contributed by atoms with Crippen molar-refractivity contribution in [2.24, 2.45) is 0 Å². The van der Waals surface area contributed by atoms with E-state index >= 15 is 0 Å². The summed E-state index contributed by atoms with van der Waals surface area (Å²) in [5.74, 6) is 0.495. The van der Waals surface area contributed by atoms with Gasteiger partial charge in [-0.1, -0.05) is 0 Å². The number of hydrogen-bond acceptors (Lipinski definition) is 4. The molecule has 86 valence electrons. The lowest BCUT2D eigenvalue weighted by Crippen LogP contribution is -2.39. The second-order valence-corrected chi connectivity index (χ2v) is 4.56. The highest BCUT2D eigenvalue weighted by Gasteiger charge is 2.36. The van der Waals surface area contributed by atoms with Crippen molar-refractivity contribution in [3.63, 3.8) is 0 Å². The Bertz CT molecular complexity index is 431. The average Bonchev–Trinajstić information content (AvgIpc) is 2.62. The molecule has 1 atom stereocenters. The maximum atomic E-state index is 10.7. The van der Waals surface area contributed by atoms with Crippen LogP contribution in [-0.4, -0.2) is 28.2 Å². The molecule has 16 heavy (non-hydrogen) atoms. The number of benzene rings is 1. The summed E-state index contributed by atoms with van der Waals surface area (Å²) >= 11 is 0. The Labute approximate surface area is 93.5 Å². The van der Waals surface area contributed by atoms with Crippen LogP contribution in [0.1, 0.15) is 29.8 Å². The lowest BCUT2D eigenvalue weighted by molar-refractivity contribution is -0.0229. The minimum atomic E-state index is -0.979. The van der Waals surface area contributed by atoms with Crippen molar-refractivity contribution in [2.75, 3.05) is 0 Å². The van der Waals surface area contributed by atoms with Gasteiger partial charge in [-0.2, -0.15) is 0 Å². The van der Waals surface area contributed by atoms with Crippen LogP contribution < -0.4 is 4.74 Å². The molecule has 0 amide bonds. The Morgan fingerprint density at radius 2 is 2.19 bits per heavy atom. The number of aldehydes is 1. The van der Waals surface area contributed by atoms with E-state index < -0.39 is 11.7 Å². The molecule has 0 aliphatic carbocycles. The summed E-state index contributed by atoms with van der Waals surface area (Å²) in [5.41, 5.74) is -0.136. The van der Waals surface area contributed by atoms with Crippen molar-refractivity contribution in [1.29, 1.82) is 0 Å². The minimum absolute atomic E-state index is 0.0424. The average molecular weight is 222 g/mol. The van der Waals surface area contributed by atoms with Crippen molar-refractivity contribution in [1.82, 2.24) is 0 Å². The summed E-state index contributed by atoms with van der Waals surface area (Å²) in [6.45, 7) is 3.31. The van der Waals surface area contributed by atoms with E-state index in [0.717, 1.165) is 0 Å². The molecule has 4 heteroatoms. The first-order chi connectivity index (χ1) is 7.43. The van der Waals surface area contributed by atoms with Crippen LogP contribution >= 0.6 is 0 Å². The van der Waals surface area contributed by atoms with E-state index in [2.05, 4.69) is 0 Å². The van der Waals surface area contributed by atoms with Gasteiger partial charge in [-0.3, -0.25) is 4.79 Å². The number of aromatic hydroxyl groups is 1. The largest absolute Gasteiger partial charge is 0.507 e. The molecular weight excluding hydrogens is 208 g/mol. The molecule has 2 N–H and O–H groups in total. The van der Waals surface area contributed by atoms with Gasteiger partial charge in [0.05, 0.1) is 11.2 Å². The number of carbonyl (C=O) groups excluding carboxylic acids is 1. The molecule has 4 nitrogen and oxygen atoms in total. The second-order valence-electron chi connectivity index (χ2n) is 4.56. The van der Waals surface area contributed by atoms with Crippen molar-refractivity contribution >= 4 is 6.29 Å². The Morgan fingerprint density at radius 1 is 1.50 bits per heavy atom. The van der Waals surface area contributed by atoms with Gasteiger partial charge < -0.3 is 14.9 Å². The molecule has 0 aromatic heterocycles. The molecule has 1 aromatic carbocycles. The van der Waals surface area contributed by atoms with Crippen LogP contribution in [0.5, 0.6) is 11.5 Å². The molecule has 0 fully saturated rings. The smallest absolute Gasteiger partial charge is 0.153 e. The highest BCUT2D eigenvalue weighted by molar-refractivity contribution is 5.81. The Kier molecular flexibility index (Phi) is 2.39. The highest BCUT2D eigenvalue weighted by atomic mass is 16.5. The topological polar surface area (TPSA) is 66.8 Å².